The zero-order chi connectivity index (χ0) is 26.1. The second kappa shape index (κ2) is 9.85. The maximum absolute atomic E-state index is 13.3. The molecule has 0 saturated carbocycles. The molecular weight excluding hydrogens is 468 g/mol. The van der Waals surface area contributed by atoms with Crippen LogP contribution in [-0.2, 0) is 16.0 Å². The minimum absolute atomic E-state index is 0.0719. The lowest BCUT2D eigenvalue weighted by atomic mass is 9.94. The number of nitrogens with one attached hydrogen (secondary N) is 1. The van der Waals surface area contributed by atoms with Crippen LogP contribution >= 0.6 is 0 Å². The summed E-state index contributed by atoms with van der Waals surface area (Å²) < 4.78 is 10.8. The van der Waals surface area contributed by atoms with E-state index in [1.165, 1.54) is 4.90 Å². The van der Waals surface area contributed by atoms with Crippen LogP contribution in [0.3, 0.4) is 0 Å². The van der Waals surface area contributed by atoms with Crippen LogP contribution in [0.1, 0.15) is 28.3 Å². The van der Waals surface area contributed by atoms with Gasteiger partial charge >= 0.3 is 0 Å². The number of likely N-dealkylation sites (tertiary alicyclic amines) is 1. The van der Waals surface area contributed by atoms with Gasteiger partial charge in [-0.25, -0.2) is 0 Å². The number of ether oxygens (including phenoxy) is 2. The summed E-state index contributed by atoms with van der Waals surface area (Å²) in [5.41, 5.74) is 4.23. The molecule has 5 rings (SSSR count). The molecule has 188 valence electrons. The minimum Gasteiger partial charge on any atom is -0.507 e. The van der Waals surface area contributed by atoms with Crippen molar-refractivity contribution in [2.24, 2.45) is 0 Å². The number of aromatic nitrogens is 1. The molecule has 1 amide bonds. The number of Topliss-reactive ketones (excluding diaryl/α,β-unsaturated/α-hetero) is 1. The van der Waals surface area contributed by atoms with E-state index >= 15 is 0 Å². The largest absolute Gasteiger partial charge is 0.507 e. The molecule has 1 aliphatic heterocycles. The highest BCUT2D eigenvalue weighted by Crippen LogP contribution is 2.40. The van der Waals surface area contributed by atoms with Gasteiger partial charge < -0.3 is 24.5 Å². The number of fused-ring (bicyclic) bond motifs is 1. The first kappa shape index (κ1) is 24.2. The smallest absolute Gasteiger partial charge is 0.295 e. The van der Waals surface area contributed by atoms with E-state index in [0.717, 1.165) is 27.8 Å². The molecule has 1 saturated heterocycles. The number of rotatable bonds is 7. The van der Waals surface area contributed by atoms with E-state index in [0.29, 0.717) is 23.3 Å². The number of carbonyl (C=O) groups is 2. The molecule has 0 radical (unpaired) electrons. The van der Waals surface area contributed by atoms with Crippen molar-refractivity contribution in [3.05, 3.63) is 101 Å². The van der Waals surface area contributed by atoms with Gasteiger partial charge in [0.05, 0.1) is 25.8 Å². The summed E-state index contributed by atoms with van der Waals surface area (Å²) in [6.07, 6.45) is 2.42. The number of methoxy groups -OCH3 is 2. The number of amides is 1. The Kier molecular flexibility index (Phi) is 6.44. The fourth-order valence-corrected chi connectivity index (χ4v) is 4.87. The van der Waals surface area contributed by atoms with Crippen molar-refractivity contribution in [3.8, 4) is 11.5 Å². The minimum atomic E-state index is -0.754. The Morgan fingerprint density at radius 3 is 2.43 bits per heavy atom. The summed E-state index contributed by atoms with van der Waals surface area (Å²) in [6, 6.07) is 19.5. The van der Waals surface area contributed by atoms with Crippen LogP contribution < -0.4 is 9.47 Å². The molecule has 1 unspecified atom stereocenters. The van der Waals surface area contributed by atoms with Gasteiger partial charge in [0.1, 0.15) is 17.3 Å². The number of aromatic amines is 1. The maximum Gasteiger partial charge on any atom is 0.295 e. The molecule has 0 bridgehead atoms. The summed E-state index contributed by atoms with van der Waals surface area (Å²) in [5.74, 6) is -0.193. The Hall–Kier alpha value is -4.52. The molecule has 37 heavy (non-hydrogen) atoms. The number of hydrogen-bond donors (Lipinski definition) is 2. The molecule has 7 heteroatoms. The Morgan fingerprint density at radius 2 is 1.70 bits per heavy atom. The molecular formula is C30H28N2O5. The van der Waals surface area contributed by atoms with Crippen LogP contribution in [0.2, 0.25) is 0 Å². The van der Waals surface area contributed by atoms with Crippen LogP contribution in [0.25, 0.3) is 16.7 Å². The SMILES string of the molecule is COc1cccc(C2/C(=C(/O)c3ccc(C)cc3)C(=O)C(=O)N2CCc2c[nH]c3ccc(OC)cc23)c1. The van der Waals surface area contributed by atoms with E-state index in [2.05, 4.69) is 4.98 Å². The third kappa shape index (κ3) is 4.44. The van der Waals surface area contributed by atoms with Gasteiger partial charge in [-0.15, -0.1) is 0 Å². The number of benzene rings is 3. The van der Waals surface area contributed by atoms with Gasteiger partial charge in [0.15, 0.2) is 0 Å². The van der Waals surface area contributed by atoms with Crippen LogP contribution in [0.4, 0.5) is 0 Å². The zero-order valence-corrected chi connectivity index (χ0v) is 20.9. The van der Waals surface area contributed by atoms with Gasteiger partial charge in [0.2, 0.25) is 0 Å². The number of aliphatic hydroxyl groups excluding tert-OH is 1. The Balaban J connectivity index is 1.56. The van der Waals surface area contributed by atoms with Crippen LogP contribution in [0.5, 0.6) is 11.5 Å². The van der Waals surface area contributed by atoms with Crippen molar-refractivity contribution in [2.75, 3.05) is 20.8 Å². The molecule has 7 nitrogen and oxygen atoms in total. The molecule has 2 heterocycles. The predicted octanol–water partition coefficient (Wildman–Crippen LogP) is 5.16. The first-order chi connectivity index (χ1) is 17.9. The molecule has 3 aromatic carbocycles. The molecule has 1 aliphatic rings. The highest BCUT2D eigenvalue weighted by atomic mass is 16.5. The van der Waals surface area contributed by atoms with Gasteiger partial charge in [-0.1, -0.05) is 42.0 Å². The molecule has 2 N–H and O–H groups in total. The van der Waals surface area contributed by atoms with Gasteiger partial charge in [-0.05, 0) is 54.8 Å². The summed E-state index contributed by atoms with van der Waals surface area (Å²) in [5, 5.41) is 12.3. The second-order valence-corrected chi connectivity index (χ2v) is 9.11. The predicted molar refractivity (Wildman–Crippen MR) is 142 cm³/mol. The van der Waals surface area contributed by atoms with E-state index in [9.17, 15) is 14.7 Å². The second-order valence-electron chi connectivity index (χ2n) is 9.11. The van der Waals surface area contributed by atoms with Crippen LogP contribution in [0, 0.1) is 6.92 Å². The molecule has 4 aromatic rings. The fourth-order valence-electron chi connectivity index (χ4n) is 4.87. The highest BCUT2D eigenvalue weighted by molar-refractivity contribution is 6.46. The van der Waals surface area contributed by atoms with Crippen molar-refractivity contribution in [2.45, 2.75) is 19.4 Å². The summed E-state index contributed by atoms with van der Waals surface area (Å²) >= 11 is 0. The number of nitrogens with zero attached hydrogens (tertiary/aromatic N) is 1. The standard InChI is InChI=1S/C30H28N2O5/c1-18-7-9-19(10-8-18)28(33)26-27(20-5-4-6-22(15-20)36-2)32(30(35)29(26)34)14-13-21-17-31-25-12-11-23(37-3)16-24(21)25/h4-12,15-17,27,31,33H,13-14H2,1-3H3/b28-26-. The van der Waals surface area contributed by atoms with E-state index in [-0.39, 0.29) is 17.9 Å². The average molecular weight is 497 g/mol. The first-order valence-corrected chi connectivity index (χ1v) is 12.0. The lowest BCUT2D eigenvalue weighted by Gasteiger charge is -2.25. The van der Waals surface area contributed by atoms with Gasteiger partial charge in [-0.3, -0.25) is 9.59 Å². The average Bonchev–Trinajstić information content (AvgIpc) is 3.44. The Bertz CT molecular complexity index is 1520. The fraction of sp³-hybridized carbons (Fsp3) is 0.200. The van der Waals surface area contributed by atoms with Crippen molar-refractivity contribution >= 4 is 28.4 Å². The first-order valence-electron chi connectivity index (χ1n) is 12.0. The molecule has 1 aromatic heterocycles. The Morgan fingerprint density at radius 1 is 0.973 bits per heavy atom. The summed E-state index contributed by atoms with van der Waals surface area (Å²) in [6.45, 7) is 2.22. The summed E-state index contributed by atoms with van der Waals surface area (Å²) in [4.78, 5) is 31.5. The van der Waals surface area contributed by atoms with E-state index in [4.69, 9.17) is 9.47 Å². The zero-order valence-electron chi connectivity index (χ0n) is 20.9. The number of aryl methyl sites for hydroxylation is 1. The van der Waals surface area contributed by atoms with E-state index < -0.39 is 17.7 Å². The van der Waals surface area contributed by atoms with Crippen molar-refractivity contribution in [1.29, 1.82) is 0 Å². The van der Waals surface area contributed by atoms with Crippen molar-refractivity contribution in [3.63, 3.8) is 0 Å². The number of H-pyrrole nitrogens is 1. The third-order valence-electron chi connectivity index (χ3n) is 6.87. The van der Waals surface area contributed by atoms with Gasteiger partial charge in [0, 0.05) is 29.2 Å². The van der Waals surface area contributed by atoms with E-state index in [1.807, 2.05) is 55.6 Å². The molecule has 1 atom stereocenters. The number of aliphatic hydroxyl groups is 1. The van der Waals surface area contributed by atoms with Crippen LogP contribution in [-0.4, -0.2) is 47.4 Å². The van der Waals surface area contributed by atoms with Gasteiger partial charge in [0.25, 0.3) is 11.7 Å². The summed E-state index contributed by atoms with van der Waals surface area (Å²) in [7, 11) is 3.18. The van der Waals surface area contributed by atoms with E-state index in [1.54, 1.807) is 38.5 Å². The lowest BCUT2D eigenvalue weighted by Crippen LogP contribution is -2.31. The molecule has 0 aliphatic carbocycles. The number of ketones is 1. The highest BCUT2D eigenvalue weighted by Gasteiger charge is 2.46. The maximum atomic E-state index is 13.3. The normalized spacial score (nSPS) is 16.9. The van der Waals surface area contributed by atoms with Crippen LogP contribution in [0.15, 0.2) is 78.5 Å². The monoisotopic (exact) mass is 496 g/mol. The van der Waals surface area contributed by atoms with Gasteiger partial charge in [-0.2, -0.15) is 0 Å². The number of hydrogen-bond acceptors (Lipinski definition) is 5. The molecule has 1 fully saturated rings. The lowest BCUT2D eigenvalue weighted by molar-refractivity contribution is -0.139. The topological polar surface area (TPSA) is 91.9 Å². The quantitative estimate of drug-likeness (QED) is 0.210. The third-order valence-corrected chi connectivity index (χ3v) is 6.87. The van der Waals surface area contributed by atoms with Crippen molar-refractivity contribution < 1.29 is 24.2 Å². The number of carbonyl (C=O) groups excluding carboxylic acids is 2. The Labute approximate surface area is 214 Å². The molecule has 0 spiro atoms. The van der Waals surface area contributed by atoms with Crippen molar-refractivity contribution in [1.82, 2.24) is 9.88 Å².